The molecule has 3 rings (SSSR count). The Labute approximate surface area is 135 Å². The molecule has 4 atom stereocenters. The number of hydroxylamine groups is 2. The Kier molecular flexibility index (Phi) is 3.35. The molecule has 2 aliphatic carbocycles. The van der Waals surface area contributed by atoms with Gasteiger partial charge in [-0.2, -0.15) is 5.06 Å². The van der Waals surface area contributed by atoms with E-state index in [0.29, 0.717) is 6.42 Å². The zero-order valence-corrected chi connectivity index (χ0v) is 13.5. The second kappa shape index (κ2) is 4.50. The number of nitrogens with zero attached hydrogens (tertiary/aromatic N) is 1. The highest BCUT2D eigenvalue weighted by Gasteiger charge is 2.76. The number of hydrogen-bond donors (Lipinski definition) is 0. The summed E-state index contributed by atoms with van der Waals surface area (Å²) < 4.78 is 0. The van der Waals surface area contributed by atoms with Gasteiger partial charge in [-0.05, 0) is 12.8 Å². The maximum atomic E-state index is 12.4. The summed E-state index contributed by atoms with van der Waals surface area (Å²) in [7, 11) is 0. The molecule has 0 aromatic rings. The van der Waals surface area contributed by atoms with Crippen LogP contribution in [0, 0.1) is 11.8 Å². The van der Waals surface area contributed by atoms with Gasteiger partial charge in [0.15, 0.2) is 0 Å². The fraction of sp³-hybridized carbons (Fsp3) is 0.667. The van der Waals surface area contributed by atoms with Gasteiger partial charge in [-0.25, -0.2) is 0 Å². The summed E-state index contributed by atoms with van der Waals surface area (Å²) in [5.74, 6) is -2.62. The second-order valence-corrected chi connectivity index (χ2v) is 7.39. The van der Waals surface area contributed by atoms with Crippen molar-refractivity contribution in [1.29, 1.82) is 0 Å². The van der Waals surface area contributed by atoms with Crippen LogP contribution in [0.5, 0.6) is 0 Å². The Morgan fingerprint density at radius 1 is 1.15 bits per heavy atom. The van der Waals surface area contributed by atoms with Gasteiger partial charge in [0.25, 0.3) is 11.8 Å². The molecule has 3 aliphatic rings. The van der Waals surface area contributed by atoms with Crippen molar-refractivity contribution in [1.82, 2.24) is 5.06 Å². The Balaban J connectivity index is 2.03. The molecule has 0 spiro atoms. The second-order valence-electron chi connectivity index (χ2n) is 5.29. The Hall–Kier alpha value is -0.000000000000000167. The molecular weight excluding hydrogens is 348 g/mol. The summed E-state index contributed by atoms with van der Waals surface area (Å²) in [4.78, 5) is 27.6. The fourth-order valence-electron chi connectivity index (χ4n) is 3.26. The van der Waals surface area contributed by atoms with Crippen LogP contribution < -0.4 is 0 Å². The molecule has 2 fully saturated rings. The predicted octanol–water partition coefficient (Wildman–Crippen LogP) is 2.99. The molecule has 1 saturated carbocycles. The van der Waals surface area contributed by atoms with Gasteiger partial charge in [0.2, 0.25) is 0 Å². The molecule has 1 aliphatic heterocycles. The zero-order chi connectivity index (χ0) is 14.9. The van der Waals surface area contributed by atoms with Gasteiger partial charge in [0.05, 0.1) is 38.3 Å². The van der Waals surface area contributed by atoms with Crippen molar-refractivity contribution in [2.75, 3.05) is 6.61 Å². The van der Waals surface area contributed by atoms with Crippen LogP contribution in [-0.2, 0) is 14.4 Å². The Morgan fingerprint density at radius 2 is 1.60 bits per heavy atom. The minimum Gasteiger partial charge on any atom is -0.272 e. The number of alkyl halides is 2. The minimum absolute atomic E-state index is 0.163. The first-order valence-electron chi connectivity index (χ1n) is 6.23. The largest absolute Gasteiger partial charge is 0.272 e. The quantitative estimate of drug-likeness (QED) is 0.575. The maximum absolute atomic E-state index is 12.4. The van der Waals surface area contributed by atoms with E-state index in [1.165, 1.54) is 0 Å². The molecular formula is C12H11Cl4NO3. The first kappa shape index (κ1) is 14.9. The smallest absolute Gasteiger partial charge is 0.259 e. The van der Waals surface area contributed by atoms with E-state index >= 15 is 0 Å². The van der Waals surface area contributed by atoms with Crippen molar-refractivity contribution in [2.45, 2.75) is 29.5 Å². The topological polar surface area (TPSA) is 46.6 Å². The van der Waals surface area contributed by atoms with Crippen LogP contribution in [0.15, 0.2) is 10.1 Å². The third kappa shape index (κ3) is 1.55. The van der Waals surface area contributed by atoms with Crippen molar-refractivity contribution in [3.63, 3.8) is 0 Å². The first-order chi connectivity index (χ1) is 9.29. The number of fused-ring (bicyclic) bond motifs is 5. The normalized spacial score (nSPS) is 43.0. The average Bonchev–Trinajstić information content (AvgIpc) is 2.86. The van der Waals surface area contributed by atoms with Gasteiger partial charge in [0, 0.05) is 0 Å². The molecule has 1 heterocycles. The van der Waals surface area contributed by atoms with Crippen LogP contribution in [0.4, 0.5) is 0 Å². The number of allylic oxidation sites excluding steroid dienone is 2. The number of amides is 2. The van der Waals surface area contributed by atoms with Crippen molar-refractivity contribution in [3.8, 4) is 0 Å². The van der Waals surface area contributed by atoms with E-state index < -0.39 is 33.4 Å². The van der Waals surface area contributed by atoms with E-state index in [2.05, 4.69) is 0 Å². The number of halogens is 4. The number of carbonyl (C=O) groups is 2. The molecule has 2 amide bonds. The lowest BCUT2D eigenvalue weighted by Crippen LogP contribution is -2.38. The molecule has 4 nitrogen and oxygen atoms in total. The van der Waals surface area contributed by atoms with E-state index in [9.17, 15) is 9.59 Å². The van der Waals surface area contributed by atoms with E-state index in [-0.39, 0.29) is 23.1 Å². The van der Waals surface area contributed by atoms with E-state index in [1.807, 2.05) is 6.92 Å². The van der Waals surface area contributed by atoms with Crippen molar-refractivity contribution < 1.29 is 14.4 Å². The van der Waals surface area contributed by atoms with Gasteiger partial charge < -0.3 is 0 Å². The Morgan fingerprint density at radius 3 is 2.00 bits per heavy atom. The summed E-state index contributed by atoms with van der Waals surface area (Å²) in [5.41, 5.74) is 0. The van der Waals surface area contributed by atoms with Crippen LogP contribution in [0.1, 0.15) is 19.8 Å². The lowest BCUT2D eigenvalue weighted by Gasteiger charge is -2.28. The number of rotatable bonds is 3. The molecule has 20 heavy (non-hydrogen) atoms. The van der Waals surface area contributed by atoms with Crippen LogP contribution >= 0.6 is 46.4 Å². The highest BCUT2D eigenvalue weighted by atomic mass is 35.5. The van der Waals surface area contributed by atoms with Gasteiger partial charge in [-0.3, -0.25) is 14.4 Å². The first-order valence-corrected chi connectivity index (χ1v) is 7.75. The summed E-state index contributed by atoms with van der Waals surface area (Å²) >= 11 is 25.2. The van der Waals surface area contributed by atoms with Gasteiger partial charge in [0.1, 0.15) is 0 Å². The van der Waals surface area contributed by atoms with Crippen LogP contribution in [-0.4, -0.2) is 33.2 Å². The third-order valence-electron chi connectivity index (χ3n) is 4.11. The van der Waals surface area contributed by atoms with E-state index in [0.717, 1.165) is 5.06 Å². The highest BCUT2D eigenvalue weighted by Crippen LogP contribution is 2.69. The number of hydrogen-bond acceptors (Lipinski definition) is 3. The molecule has 0 radical (unpaired) electrons. The number of imide groups is 1. The molecule has 1 saturated heterocycles. The molecule has 110 valence electrons. The van der Waals surface area contributed by atoms with E-state index in [4.69, 9.17) is 51.2 Å². The monoisotopic (exact) mass is 357 g/mol. The molecule has 2 bridgehead atoms. The van der Waals surface area contributed by atoms with E-state index in [1.54, 1.807) is 0 Å². The van der Waals surface area contributed by atoms with Crippen molar-refractivity contribution in [3.05, 3.63) is 10.1 Å². The summed E-state index contributed by atoms with van der Waals surface area (Å²) in [6.45, 7) is 2.13. The highest BCUT2D eigenvalue weighted by molar-refractivity contribution is 6.52. The van der Waals surface area contributed by atoms with Crippen LogP contribution in [0.25, 0.3) is 0 Å². The van der Waals surface area contributed by atoms with Crippen LogP contribution in [0.3, 0.4) is 0 Å². The lowest BCUT2D eigenvalue weighted by atomic mass is 9.84. The SMILES string of the molecule is CCCON1C(=O)[C@@H]2[C@H](C1=O)[C@]1(Cl)C[C@]2(Cl)C(Cl)=C1Cl. The molecule has 0 aromatic heterocycles. The molecule has 8 heteroatoms. The summed E-state index contributed by atoms with van der Waals surface area (Å²) in [5, 5.41) is 1.09. The standard InChI is InChI=1S/C12H11Cl4NO3/c1-2-3-20-17-9(18)5-6(10(17)19)12(16)4-11(5,15)7(13)8(12)14/h5-6H,2-4H2,1H3/t5-,6+,11-,12-/m1/s1. The van der Waals surface area contributed by atoms with Gasteiger partial charge >= 0.3 is 0 Å². The lowest BCUT2D eigenvalue weighted by molar-refractivity contribution is -0.190. The Bertz CT molecular complexity index is 509. The van der Waals surface area contributed by atoms with Crippen molar-refractivity contribution >= 4 is 58.2 Å². The van der Waals surface area contributed by atoms with Crippen LogP contribution in [0.2, 0.25) is 0 Å². The minimum atomic E-state index is -1.21. The molecule has 0 N–H and O–H groups in total. The zero-order valence-electron chi connectivity index (χ0n) is 10.5. The molecule has 0 aromatic carbocycles. The van der Waals surface area contributed by atoms with Gasteiger partial charge in [-0.15, -0.1) is 23.2 Å². The maximum Gasteiger partial charge on any atom is 0.259 e. The number of carbonyl (C=O) groups excluding carboxylic acids is 2. The predicted molar refractivity (Wildman–Crippen MR) is 75.6 cm³/mol. The van der Waals surface area contributed by atoms with Crippen molar-refractivity contribution in [2.24, 2.45) is 11.8 Å². The fourth-order valence-corrected chi connectivity index (χ4v) is 5.18. The molecule has 0 unspecified atom stereocenters. The summed E-state index contributed by atoms with van der Waals surface area (Å²) in [6, 6.07) is 0. The average molecular weight is 359 g/mol. The summed E-state index contributed by atoms with van der Waals surface area (Å²) in [6.07, 6.45) is 0.847. The van der Waals surface area contributed by atoms with Gasteiger partial charge in [-0.1, -0.05) is 30.1 Å². The third-order valence-corrected chi connectivity index (χ3v) is 6.57.